The van der Waals surface area contributed by atoms with Crippen molar-refractivity contribution in [3.63, 3.8) is 0 Å². The average molecular weight is 404 g/mol. The summed E-state index contributed by atoms with van der Waals surface area (Å²) in [5.74, 6) is -3.62. The van der Waals surface area contributed by atoms with Crippen LogP contribution in [0.25, 0.3) is 0 Å². The van der Waals surface area contributed by atoms with Gasteiger partial charge in [-0.15, -0.1) is 0 Å². The van der Waals surface area contributed by atoms with E-state index in [4.69, 9.17) is 14.2 Å². The smallest absolute Gasteiger partial charge is 0.334 e. The molecule has 29 heavy (non-hydrogen) atoms. The van der Waals surface area contributed by atoms with Crippen molar-refractivity contribution < 1.29 is 33.4 Å². The van der Waals surface area contributed by atoms with Crippen molar-refractivity contribution in [2.75, 3.05) is 0 Å². The van der Waals surface area contributed by atoms with Crippen LogP contribution in [0.5, 0.6) is 0 Å². The summed E-state index contributed by atoms with van der Waals surface area (Å²) in [6.45, 7) is 12.4. The SMILES string of the molecule is C=C1C(=O)OC2C(OC(C)=O)C(C)C3C=CC(=O)C3(C)C(OC(=O)C(C)CC)C12. The third kappa shape index (κ3) is 3.20. The molecule has 0 aromatic rings. The van der Waals surface area contributed by atoms with Crippen molar-refractivity contribution in [2.24, 2.45) is 29.1 Å². The highest BCUT2D eigenvalue weighted by Gasteiger charge is 2.65. The first-order valence-electron chi connectivity index (χ1n) is 10.0. The molecule has 3 rings (SSSR count). The fraction of sp³-hybridized carbons (Fsp3) is 0.636. The average Bonchev–Trinajstić information content (AvgIpc) is 3.11. The molecule has 8 unspecified atom stereocenters. The number of esters is 3. The Bertz CT molecular complexity index is 797. The van der Waals surface area contributed by atoms with Crippen LogP contribution in [-0.4, -0.2) is 42.0 Å². The maximum absolute atomic E-state index is 13.0. The molecule has 0 radical (unpaired) electrons. The third-order valence-electron chi connectivity index (χ3n) is 6.83. The van der Waals surface area contributed by atoms with Crippen LogP contribution < -0.4 is 0 Å². The van der Waals surface area contributed by atoms with Gasteiger partial charge >= 0.3 is 17.9 Å². The predicted octanol–water partition coefficient (Wildman–Crippen LogP) is 2.38. The number of ether oxygens (including phenoxy) is 3. The lowest BCUT2D eigenvalue weighted by molar-refractivity contribution is -0.171. The minimum atomic E-state index is -1.11. The Morgan fingerprint density at radius 1 is 1.31 bits per heavy atom. The normalized spacial score (nSPS) is 39.3. The number of ketones is 1. The van der Waals surface area contributed by atoms with Gasteiger partial charge in [-0.3, -0.25) is 14.4 Å². The maximum atomic E-state index is 13.0. The molecule has 3 aliphatic rings. The van der Waals surface area contributed by atoms with Gasteiger partial charge in [0.15, 0.2) is 5.78 Å². The van der Waals surface area contributed by atoms with Gasteiger partial charge in [0.2, 0.25) is 0 Å². The van der Waals surface area contributed by atoms with E-state index < -0.39 is 47.6 Å². The first-order valence-corrected chi connectivity index (χ1v) is 10.0. The minimum absolute atomic E-state index is 0.128. The first kappa shape index (κ1) is 21.3. The summed E-state index contributed by atoms with van der Waals surface area (Å²) in [6, 6.07) is 0. The Morgan fingerprint density at radius 3 is 2.55 bits per heavy atom. The molecular formula is C22H28O7. The topological polar surface area (TPSA) is 96.0 Å². The van der Waals surface area contributed by atoms with E-state index in [1.165, 1.54) is 13.0 Å². The summed E-state index contributed by atoms with van der Waals surface area (Å²) in [4.78, 5) is 49.9. The molecule has 0 aromatic carbocycles. The summed E-state index contributed by atoms with van der Waals surface area (Å²) in [5.41, 5.74) is -0.986. The lowest BCUT2D eigenvalue weighted by Crippen LogP contribution is -2.49. The van der Waals surface area contributed by atoms with E-state index >= 15 is 0 Å². The molecule has 1 heterocycles. The fourth-order valence-corrected chi connectivity index (χ4v) is 4.87. The van der Waals surface area contributed by atoms with Crippen molar-refractivity contribution in [3.8, 4) is 0 Å². The van der Waals surface area contributed by atoms with E-state index in [-0.39, 0.29) is 29.1 Å². The molecule has 2 aliphatic carbocycles. The Morgan fingerprint density at radius 2 is 1.97 bits per heavy atom. The number of allylic oxidation sites excluding steroid dienone is 2. The third-order valence-corrected chi connectivity index (χ3v) is 6.83. The van der Waals surface area contributed by atoms with Crippen LogP contribution in [0.4, 0.5) is 0 Å². The van der Waals surface area contributed by atoms with E-state index in [9.17, 15) is 19.2 Å². The number of carbonyl (C=O) groups is 4. The maximum Gasteiger partial charge on any atom is 0.334 e. The highest BCUT2D eigenvalue weighted by atomic mass is 16.6. The molecule has 8 atom stereocenters. The van der Waals surface area contributed by atoms with Crippen molar-refractivity contribution >= 4 is 23.7 Å². The minimum Gasteiger partial charge on any atom is -0.460 e. The lowest BCUT2D eigenvalue weighted by atomic mass is 9.67. The van der Waals surface area contributed by atoms with Gasteiger partial charge in [0.25, 0.3) is 0 Å². The van der Waals surface area contributed by atoms with Crippen molar-refractivity contribution in [3.05, 3.63) is 24.3 Å². The second kappa shape index (κ2) is 7.43. The zero-order valence-corrected chi connectivity index (χ0v) is 17.5. The summed E-state index contributed by atoms with van der Waals surface area (Å²) < 4.78 is 17.0. The molecule has 1 saturated carbocycles. The van der Waals surface area contributed by atoms with Gasteiger partial charge in [-0.2, -0.15) is 0 Å². The number of carbonyl (C=O) groups excluding carboxylic acids is 4. The van der Waals surface area contributed by atoms with E-state index in [0.29, 0.717) is 6.42 Å². The zero-order valence-electron chi connectivity index (χ0n) is 17.5. The van der Waals surface area contributed by atoms with Gasteiger partial charge < -0.3 is 14.2 Å². The summed E-state index contributed by atoms with van der Waals surface area (Å²) in [6.07, 6.45) is 1.23. The monoisotopic (exact) mass is 404 g/mol. The van der Waals surface area contributed by atoms with Crippen LogP contribution in [-0.2, 0) is 33.4 Å². The van der Waals surface area contributed by atoms with Gasteiger partial charge in [-0.1, -0.05) is 33.4 Å². The highest BCUT2D eigenvalue weighted by Crippen LogP contribution is 2.55. The second-order valence-corrected chi connectivity index (χ2v) is 8.55. The van der Waals surface area contributed by atoms with Crippen LogP contribution in [0.2, 0.25) is 0 Å². The molecule has 0 bridgehead atoms. The molecule has 0 spiro atoms. The van der Waals surface area contributed by atoms with Crippen molar-refractivity contribution in [2.45, 2.75) is 59.4 Å². The largest absolute Gasteiger partial charge is 0.460 e. The Hall–Kier alpha value is -2.44. The number of rotatable bonds is 4. The van der Waals surface area contributed by atoms with E-state index in [0.717, 1.165) is 0 Å². The molecule has 0 N–H and O–H groups in total. The van der Waals surface area contributed by atoms with Crippen LogP contribution in [0.15, 0.2) is 24.3 Å². The fourth-order valence-electron chi connectivity index (χ4n) is 4.87. The molecule has 0 amide bonds. The van der Waals surface area contributed by atoms with Gasteiger partial charge in [0.1, 0.15) is 18.3 Å². The molecule has 1 saturated heterocycles. The van der Waals surface area contributed by atoms with Crippen LogP contribution >= 0.6 is 0 Å². The zero-order chi connectivity index (χ0) is 21.7. The second-order valence-electron chi connectivity index (χ2n) is 8.55. The van der Waals surface area contributed by atoms with E-state index in [1.807, 2.05) is 13.8 Å². The van der Waals surface area contributed by atoms with E-state index in [2.05, 4.69) is 6.58 Å². The predicted molar refractivity (Wildman–Crippen MR) is 102 cm³/mol. The van der Waals surface area contributed by atoms with Crippen LogP contribution in [0, 0.1) is 29.1 Å². The molecule has 1 aliphatic heterocycles. The van der Waals surface area contributed by atoms with Crippen molar-refractivity contribution in [1.29, 1.82) is 0 Å². The lowest BCUT2D eigenvalue weighted by Gasteiger charge is -2.39. The number of fused-ring (bicyclic) bond motifs is 2. The van der Waals surface area contributed by atoms with Gasteiger partial charge in [0.05, 0.1) is 17.3 Å². The highest BCUT2D eigenvalue weighted by molar-refractivity contribution is 5.99. The van der Waals surface area contributed by atoms with Crippen molar-refractivity contribution in [1.82, 2.24) is 0 Å². The Balaban J connectivity index is 2.14. The van der Waals surface area contributed by atoms with Gasteiger partial charge in [0, 0.05) is 18.4 Å². The Kier molecular flexibility index (Phi) is 5.45. The standard InChI is InChI=1S/C22H28O7/c1-7-10(2)20(25)29-19-16-12(4)21(26)28-18(16)17(27-13(5)23)11(3)14-8-9-15(24)22(14,19)6/h8-11,14,16-19H,4,7H2,1-3,5-6H3. The molecule has 158 valence electrons. The Labute approximate surface area is 170 Å². The molecule has 0 aromatic heterocycles. The summed E-state index contributed by atoms with van der Waals surface area (Å²) in [7, 11) is 0. The van der Waals surface area contributed by atoms with Gasteiger partial charge in [-0.25, -0.2) is 4.79 Å². The number of hydrogen-bond donors (Lipinski definition) is 0. The first-order chi connectivity index (χ1) is 13.5. The molecule has 2 fully saturated rings. The molecule has 7 nitrogen and oxygen atoms in total. The van der Waals surface area contributed by atoms with Crippen LogP contribution in [0.3, 0.4) is 0 Å². The van der Waals surface area contributed by atoms with Crippen LogP contribution in [0.1, 0.15) is 41.0 Å². The summed E-state index contributed by atoms with van der Waals surface area (Å²) >= 11 is 0. The summed E-state index contributed by atoms with van der Waals surface area (Å²) in [5, 5.41) is 0. The molecule has 7 heteroatoms. The van der Waals surface area contributed by atoms with E-state index in [1.54, 1.807) is 19.9 Å². The molecular weight excluding hydrogens is 376 g/mol. The van der Waals surface area contributed by atoms with Gasteiger partial charge in [-0.05, 0) is 25.3 Å². The number of hydrogen-bond acceptors (Lipinski definition) is 7. The quantitative estimate of drug-likeness (QED) is 0.403.